The lowest BCUT2D eigenvalue weighted by atomic mass is 10.1. The van der Waals surface area contributed by atoms with Crippen LogP contribution in [0.2, 0.25) is 0 Å². The Hall–Kier alpha value is 0.120. The molecule has 0 saturated carbocycles. The van der Waals surface area contributed by atoms with Gasteiger partial charge in [0.2, 0.25) is 0 Å². The Morgan fingerprint density at radius 1 is 1.44 bits per heavy atom. The molecule has 1 atom stereocenters. The molecular weight excluding hydrogens is 250 g/mol. The highest BCUT2D eigenvalue weighted by atomic mass is 35.5. The highest BCUT2D eigenvalue weighted by Gasteiger charge is 2.31. The predicted octanol–water partition coefficient (Wildman–Crippen LogP) is 0.416. The van der Waals surface area contributed by atoms with Crippen molar-refractivity contribution < 1.29 is 8.42 Å². The smallest absolute Gasteiger partial charge is 0.282 e. The van der Waals surface area contributed by atoms with E-state index in [2.05, 4.69) is 0 Å². The average molecular weight is 272 g/mol. The van der Waals surface area contributed by atoms with Crippen LogP contribution in [0, 0.1) is 0 Å². The van der Waals surface area contributed by atoms with Crippen LogP contribution in [0.3, 0.4) is 0 Å². The summed E-state index contributed by atoms with van der Waals surface area (Å²) in [7, 11) is -1.70. The summed E-state index contributed by atoms with van der Waals surface area (Å²) in [6.07, 6.45) is 1.77. The largest absolute Gasteiger partial charge is 0.327 e. The minimum atomic E-state index is -3.31. The molecule has 1 fully saturated rings. The lowest BCUT2D eigenvalue weighted by molar-refractivity contribution is 0.282. The van der Waals surface area contributed by atoms with Crippen LogP contribution in [0.25, 0.3) is 0 Å². The van der Waals surface area contributed by atoms with Crippen molar-refractivity contribution >= 4 is 22.6 Å². The molecule has 0 bridgehead atoms. The zero-order valence-electron chi connectivity index (χ0n) is 10.1. The van der Waals surface area contributed by atoms with Crippen LogP contribution in [-0.4, -0.2) is 49.2 Å². The second kappa shape index (κ2) is 6.16. The van der Waals surface area contributed by atoms with E-state index < -0.39 is 10.2 Å². The van der Waals surface area contributed by atoms with Gasteiger partial charge in [-0.1, -0.05) is 0 Å². The van der Waals surface area contributed by atoms with E-state index >= 15 is 0 Å². The van der Waals surface area contributed by atoms with Crippen molar-refractivity contribution in [2.75, 3.05) is 20.1 Å². The van der Waals surface area contributed by atoms with Crippen LogP contribution in [0.5, 0.6) is 0 Å². The van der Waals surface area contributed by atoms with Crippen LogP contribution < -0.4 is 5.73 Å². The molecule has 1 aliphatic rings. The summed E-state index contributed by atoms with van der Waals surface area (Å²) in [5, 5.41) is 0. The van der Waals surface area contributed by atoms with Crippen LogP contribution >= 0.6 is 12.4 Å². The number of piperidine rings is 1. The van der Waals surface area contributed by atoms with Gasteiger partial charge in [-0.15, -0.1) is 12.4 Å². The van der Waals surface area contributed by atoms with Gasteiger partial charge in [-0.25, -0.2) is 0 Å². The fourth-order valence-electron chi connectivity index (χ4n) is 1.63. The van der Waals surface area contributed by atoms with Crippen LogP contribution in [-0.2, 0) is 10.2 Å². The third kappa shape index (κ3) is 3.56. The summed E-state index contributed by atoms with van der Waals surface area (Å²) in [4.78, 5) is 0. The van der Waals surface area contributed by atoms with E-state index in [0.29, 0.717) is 13.1 Å². The molecule has 16 heavy (non-hydrogen) atoms. The Balaban J connectivity index is 0.00000225. The van der Waals surface area contributed by atoms with E-state index in [9.17, 15) is 8.42 Å². The summed E-state index contributed by atoms with van der Waals surface area (Å²) >= 11 is 0. The first-order chi connectivity index (χ1) is 6.85. The molecule has 0 aromatic rings. The molecule has 0 amide bonds. The van der Waals surface area contributed by atoms with Crippen LogP contribution in [0.4, 0.5) is 0 Å². The Labute approximate surface area is 105 Å². The monoisotopic (exact) mass is 271 g/mol. The van der Waals surface area contributed by atoms with Gasteiger partial charge in [-0.2, -0.15) is 17.0 Å². The minimum absolute atomic E-state index is 0. The summed E-state index contributed by atoms with van der Waals surface area (Å²) in [6.45, 7) is 4.76. The first-order valence-corrected chi connectivity index (χ1v) is 6.74. The summed E-state index contributed by atoms with van der Waals surface area (Å²) in [5.41, 5.74) is 5.77. The number of hydrogen-bond donors (Lipinski definition) is 1. The maximum Gasteiger partial charge on any atom is 0.282 e. The minimum Gasteiger partial charge on any atom is -0.327 e. The van der Waals surface area contributed by atoms with Crippen molar-refractivity contribution in [3.8, 4) is 0 Å². The van der Waals surface area contributed by atoms with Crippen molar-refractivity contribution in [3.63, 3.8) is 0 Å². The van der Waals surface area contributed by atoms with Gasteiger partial charge in [0.05, 0.1) is 0 Å². The fraction of sp³-hybridized carbons (Fsp3) is 1.00. The topological polar surface area (TPSA) is 66.6 Å². The lowest BCUT2D eigenvalue weighted by Gasteiger charge is -2.34. The number of hydrogen-bond acceptors (Lipinski definition) is 3. The molecule has 98 valence electrons. The Bertz CT molecular complexity index is 308. The molecule has 1 rings (SSSR count). The Morgan fingerprint density at radius 3 is 2.44 bits per heavy atom. The van der Waals surface area contributed by atoms with E-state index in [1.807, 2.05) is 13.8 Å². The number of nitrogens with zero attached hydrogens (tertiary/aromatic N) is 2. The van der Waals surface area contributed by atoms with Crippen LogP contribution in [0.15, 0.2) is 0 Å². The maximum absolute atomic E-state index is 12.1. The first-order valence-electron chi connectivity index (χ1n) is 5.34. The number of halogens is 1. The van der Waals surface area contributed by atoms with E-state index in [1.165, 1.54) is 8.61 Å². The quantitative estimate of drug-likeness (QED) is 0.809. The van der Waals surface area contributed by atoms with Crippen molar-refractivity contribution in [1.82, 2.24) is 8.61 Å². The van der Waals surface area contributed by atoms with Gasteiger partial charge in [0.25, 0.3) is 10.2 Å². The van der Waals surface area contributed by atoms with Gasteiger partial charge in [-0.3, -0.25) is 0 Å². The Kier molecular flexibility index (Phi) is 6.21. The van der Waals surface area contributed by atoms with Crippen molar-refractivity contribution in [3.05, 3.63) is 0 Å². The molecule has 0 aromatic heterocycles. The van der Waals surface area contributed by atoms with E-state index in [-0.39, 0.29) is 24.5 Å². The molecule has 1 unspecified atom stereocenters. The molecule has 2 N–H and O–H groups in total. The highest BCUT2D eigenvalue weighted by Crippen LogP contribution is 2.16. The summed E-state index contributed by atoms with van der Waals surface area (Å²) < 4.78 is 27.0. The zero-order valence-corrected chi connectivity index (χ0v) is 11.7. The molecule has 0 spiro atoms. The third-order valence-corrected chi connectivity index (χ3v) is 4.97. The number of rotatable bonds is 3. The second-order valence-corrected chi connectivity index (χ2v) is 6.37. The Morgan fingerprint density at radius 2 is 2.00 bits per heavy atom. The van der Waals surface area contributed by atoms with Gasteiger partial charge < -0.3 is 5.73 Å². The predicted molar refractivity (Wildman–Crippen MR) is 67.8 cm³/mol. The first kappa shape index (κ1) is 16.1. The molecule has 0 radical (unpaired) electrons. The molecule has 0 aliphatic carbocycles. The standard InChI is InChI=1S/C9H21N3O2S.ClH/c1-8(2)11(3)15(13,14)12-6-4-5-9(10)7-12;/h8-9H,4-7,10H2,1-3H3;1H. The molecule has 1 saturated heterocycles. The van der Waals surface area contributed by atoms with Gasteiger partial charge in [0.1, 0.15) is 0 Å². The maximum atomic E-state index is 12.1. The normalized spacial score (nSPS) is 23.5. The van der Waals surface area contributed by atoms with E-state index in [0.717, 1.165) is 12.8 Å². The third-order valence-electron chi connectivity index (χ3n) is 2.84. The van der Waals surface area contributed by atoms with E-state index in [1.54, 1.807) is 7.05 Å². The summed E-state index contributed by atoms with van der Waals surface area (Å²) in [5.74, 6) is 0. The molecule has 7 heteroatoms. The molecule has 1 heterocycles. The molecule has 0 aromatic carbocycles. The van der Waals surface area contributed by atoms with Gasteiger partial charge in [0, 0.05) is 32.2 Å². The van der Waals surface area contributed by atoms with Gasteiger partial charge in [0.15, 0.2) is 0 Å². The fourth-order valence-corrected chi connectivity index (χ4v) is 3.27. The average Bonchev–Trinajstić information content (AvgIpc) is 2.16. The van der Waals surface area contributed by atoms with Gasteiger partial charge >= 0.3 is 0 Å². The van der Waals surface area contributed by atoms with Gasteiger partial charge in [-0.05, 0) is 26.7 Å². The molecular formula is C9H22ClN3O2S. The van der Waals surface area contributed by atoms with Crippen LogP contribution in [0.1, 0.15) is 26.7 Å². The van der Waals surface area contributed by atoms with E-state index in [4.69, 9.17) is 5.73 Å². The second-order valence-electron chi connectivity index (χ2n) is 4.38. The zero-order chi connectivity index (χ0) is 11.6. The highest BCUT2D eigenvalue weighted by molar-refractivity contribution is 7.86. The lowest BCUT2D eigenvalue weighted by Crippen LogP contribution is -2.51. The number of nitrogens with two attached hydrogens (primary N) is 1. The molecule has 5 nitrogen and oxygen atoms in total. The molecule has 1 aliphatic heterocycles. The SMILES string of the molecule is CC(C)N(C)S(=O)(=O)N1CCCC(N)C1.Cl. The summed E-state index contributed by atoms with van der Waals surface area (Å²) in [6, 6.07) is -0.0396. The van der Waals surface area contributed by atoms with Crippen molar-refractivity contribution in [2.24, 2.45) is 5.73 Å². The van der Waals surface area contributed by atoms with Crippen molar-refractivity contribution in [1.29, 1.82) is 0 Å². The van der Waals surface area contributed by atoms with Crippen molar-refractivity contribution in [2.45, 2.75) is 38.8 Å².